The number of nitrogens with zero attached hydrogens (tertiary/aromatic N) is 3. The topological polar surface area (TPSA) is 178 Å². The lowest BCUT2D eigenvalue weighted by Gasteiger charge is -2.33. The Kier molecular flexibility index (Phi) is 9.47. The van der Waals surface area contributed by atoms with E-state index in [4.69, 9.17) is 30.5 Å². The predicted molar refractivity (Wildman–Crippen MR) is 141 cm³/mol. The molecule has 4 rings (SSSR count). The van der Waals surface area contributed by atoms with Crippen LogP contribution in [0.3, 0.4) is 0 Å². The van der Waals surface area contributed by atoms with Crippen LogP contribution in [0.25, 0.3) is 11.0 Å². The Bertz CT molecular complexity index is 1350. The predicted octanol–water partition coefficient (Wildman–Crippen LogP) is 2.20. The van der Waals surface area contributed by atoms with E-state index in [9.17, 15) is 29.0 Å². The van der Waals surface area contributed by atoms with E-state index in [0.717, 1.165) is 5.56 Å². The molecule has 3 heterocycles. The lowest BCUT2D eigenvalue weighted by atomic mass is 10.1. The number of pyridine rings is 1. The quantitative estimate of drug-likeness (QED) is 0.151. The molecular formula is C24H31ClFN4O9P. The molecule has 0 amide bonds. The second-order valence-electron chi connectivity index (χ2n) is 9.45. The van der Waals surface area contributed by atoms with Crippen molar-refractivity contribution < 1.29 is 47.9 Å². The molecule has 0 aliphatic carbocycles. The Labute approximate surface area is 233 Å². The van der Waals surface area contributed by atoms with Crippen LogP contribution in [0.1, 0.15) is 24.8 Å². The molecule has 40 heavy (non-hydrogen) atoms. The van der Waals surface area contributed by atoms with Crippen molar-refractivity contribution in [2.24, 2.45) is 0 Å². The first-order valence-electron chi connectivity index (χ1n) is 12.2. The van der Waals surface area contributed by atoms with E-state index in [1.165, 1.54) is 37.2 Å². The third kappa shape index (κ3) is 6.16. The molecule has 0 radical (unpaired) electrons. The average molecular weight is 605 g/mol. The van der Waals surface area contributed by atoms with E-state index in [0.29, 0.717) is 11.1 Å². The first-order chi connectivity index (χ1) is 18.9. The number of methoxy groups -OCH3 is 2. The molecule has 1 aliphatic rings. The highest BCUT2D eigenvalue weighted by atomic mass is 35.5. The average Bonchev–Trinajstić information content (AvgIpc) is 3.43. The molecule has 5 N–H and O–H groups in total. The summed E-state index contributed by atoms with van der Waals surface area (Å²) in [5.74, 6) is -0.350. The lowest BCUT2D eigenvalue weighted by Crippen LogP contribution is -2.45. The summed E-state index contributed by atoms with van der Waals surface area (Å²) in [6.45, 7) is 0.367. The van der Waals surface area contributed by atoms with Gasteiger partial charge in [0, 0.05) is 20.3 Å². The van der Waals surface area contributed by atoms with Crippen molar-refractivity contribution in [1.29, 1.82) is 0 Å². The minimum Gasteiger partial charge on any atom is -0.387 e. The second-order valence-corrected chi connectivity index (χ2v) is 11.7. The Morgan fingerprint density at radius 1 is 1.20 bits per heavy atom. The Morgan fingerprint density at radius 2 is 1.85 bits per heavy atom. The standard InChI is InChI=1S/C24H31ClFN4O9P/c1-13(14-4-6-15(26)7-5-14)28-17-8-19(25)29-22-16(17)9-27-30(22)23-21(32)20(31)18(39-23)10-38-24(11-36-2,12-37-3)40(33,34)35/h4-9,13,18,20-21,23,31-32H,10-12H2,1-3H3,(H,28,29)(H2,33,34,35)/t13-,18+,20+,21+,23+/m0/s1. The van der Waals surface area contributed by atoms with Crippen molar-refractivity contribution in [2.75, 3.05) is 39.4 Å². The Balaban J connectivity index is 1.57. The van der Waals surface area contributed by atoms with E-state index in [1.54, 1.807) is 18.2 Å². The van der Waals surface area contributed by atoms with Crippen molar-refractivity contribution >= 4 is 35.9 Å². The highest BCUT2D eigenvalue weighted by Crippen LogP contribution is 2.52. The third-order valence-electron chi connectivity index (χ3n) is 6.64. The van der Waals surface area contributed by atoms with Gasteiger partial charge in [-0.2, -0.15) is 5.10 Å². The second kappa shape index (κ2) is 12.3. The van der Waals surface area contributed by atoms with Crippen LogP contribution in [0.5, 0.6) is 0 Å². The lowest BCUT2D eigenvalue weighted by molar-refractivity contribution is -0.129. The molecule has 5 atom stereocenters. The molecule has 0 unspecified atom stereocenters. The molecule has 0 spiro atoms. The van der Waals surface area contributed by atoms with Crippen molar-refractivity contribution in [1.82, 2.24) is 14.8 Å². The molecule has 0 bridgehead atoms. The third-order valence-corrected chi connectivity index (χ3v) is 8.29. The van der Waals surface area contributed by atoms with Gasteiger partial charge in [0.05, 0.1) is 37.1 Å². The van der Waals surface area contributed by atoms with Crippen LogP contribution in [0.2, 0.25) is 5.15 Å². The molecule has 1 aliphatic heterocycles. The SMILES string of the molecule is COCC(COC)(OC[C@H]1O[C@@H](n2ncc3c(N[C@@H](C)c4ccc(F)cc4)cc(Cl)nc32)[C@H](O)[C@@H]1O)P(=O)(O)O. The first kappa shape index (κ1) is 30.7. The van der Waals surface area contributed by atoms with Crippen LogP contribution in [0, 0.1) is 5.82 Å². The van der Waals surface area contributed by atoms with Gasteiger partial charge >= 0.3 is 7.60 Å². The molecule has 0 saturated carbocycles. The summed E-state index contributed by atoms with van der Waals surface area (Å²) in [4.78, 5) is 24.2. The number of halogens is 2. The van der Waals surface area contributed by atoms with Gasteiger partial charge in [-0.1, -0.05) is 23.7 Å². The van der Waals surface area contributed by atoms with Gasteiger partial charge in [-0.3, -0.25) is 4.57 Å². The molecule has 16 heteroatoms. The van der Waals surface area contributed by atoms with Crippen molar-refractivity contribution in [3.05, 3.63) is 53.1 Å². The maximum atomic E-state index is 13.3. The maximum Gasteiger partial charge on any atom is 0.361 e. The number of rotatable bonds is 12. The summed E-state index contributed by atoms with van der Waals surface area (Å²) in [6, 6.07) is 7.39. The van der Waals surface area contributed by atoms with Crippen LogP contribution in [0.4, 0.5) is 10.1 Å². The fraction of sp³-hybridized carbons (Fsp3) is 0.500. The molecular weight excluding hydrogens is 574 g/mol. The van der Waals surface area contributed by atoms with Gasteiger partial charge in [0.2, 0.25) is 5.34 Å². The highest BCUT2D eigenvalue weighted by Gasteiger charge is 2.52. The van der Waals surface area contributed by atoms with Gasteiger partial charge in [-0.15, -0.1) is 0 Å². The molecule has 13 nitrogen and oxygen atoms in total. The Hall–Kier alpha value is -2.23. The van der Waals surface area contributed by atoms with E-state index >= 15 is 0 Å². The van der Waals surface area contributed by atoms with Crippen LogP contribution in [0.15, 0.2) is 36.5 Å². The zero-order valence-electron chi connectivity index (χ0n) is 21.8. The number of fused-ring (bicyclic) bond motifs is 1. The van der Waals surface area contributed by atoms with Gasteiger partial charge in [0.25, 0.3) is 0 Å². The normalized spacial score (nSPS) is 22.6. The number of aliphatic hydroxyl groups is 2. The van der Waals surface area contributed by atoms with Gasteiger partial charge in [0.15, 0.2) is 11.9 Å². The number of hydrogen-bond donors (Lipinski definition) is 5. The fourth-order valence-electron chi connectivity index (χ4n) is 4.50. The summed E-state index contributed by atoms with van der Waals surface area (Å²) in [7, 11) is -2.43. The van der Waals surface area contributed by atoms with Crippen molar-refractivity contribution in [3.63, 3.8) is 0 Å². The summed E-state index contributed by atoms with van der Waals surface area (Å²) in [5.41, 5.74) is 1.63. The monoisotopic (exact) mass is 604 g/mol. The van der Waals surface area contributed by atoms with Crippen molar-refractivity contribution in [2.45, 2.75) is 42.8 Å². The molecule has 3 aromatic rings. The molecule has 1 aromatic carbocycles. The molecule has 1 saturated heterocycles. The van der Waals surface area contributed by atoms with Gasteiger partial charge in [0.1, 0.15) is 29.3 Å². The van der Waals surface area contributed by atoms with E-state index < -0.39 is 57.3 Å². The van der Waals surface area contributed by atoms with Crippen molar-refractivity contribution in [3.8, 4) is 0 Å². The minimum absolute atomic E-state index is 0.113. The molecule has 1 fully saturated rings. The molecule has 220 valence electrons. The smallest absolute Gasteiger partial charge is 0.361 e. The highest BCUT2D eigenvalue weighted by molar-refractivity contribution is 7.53. The number of hydrogen-bond acceptors (Lipinski definition) is 10. The summed E-state index contributed by atoms with van der Waals surface area (Å²) in [6.07, 6.45) is -3.95. The number of aromatic nitrogens is 3. The van der Waals surface area contributed by atoms with E-state index in [-0.39, 0.29) is 22.7 Å². The van der Waals surface area contributed by atoms with Gasteiger partial charge in [-0.05, 0) is 30.7 Å². The minimum atomic E-state index is -4.92. The number of anilines is 1. The summed E-state index contributed by atoms with van der Waals surface area (Å²) < 4.78 is 48.1. The largest absolute Gasteiger partial charge is 0.387 e. The molecule has 2 aromatic heterocycles. The van der Waals surface area contributed by atoms with Gasteiger partial charge < -0.3 is 44.3 Å². The summed E-state index contributed by atoms with van der Waals surface area (Å²) >= 11 is 6.29. The number of aliphatic hydroxyl groups excluding tert-OH is 2. The van der Waals surface area contributed by atoms with Crippen LogP contribution < -0.4 is 5.32 Å². The maximum absolute atomic E-state index is 13.3. The zero-order valence-corrected chi connectivity index (χ0v) is 23.5. The number of nitrogens with one attached hydrogen (secondary N) is 1. The van der Waals surface area contributed by atoms with Crippen LogP contribution in [-0.2, 0) is 23.5 Å². The fourth-order valence-corrected chi connectivity index (χ4v) is 5.52. The van der Waals surface area contributed by atoms with Crippen LogP contribution >= 0.6 is 19.2 Å². The van der Waals surface area contributed by atoms with Crippen LogP contribution in [-0.4, -0.2) is 92.5 Å². The van der Waals surface area contributed by atoms with Gasteiger partial charge in [-0.25, -0.2) is 14.1 Å². The summed E-state index contributed by atoms with van der Waals surface area (Å²) in [5, 5.41) is 27.6. The van der Waals surface area contributed by atoms with E-state index in [2.05, 4.69) is 15.4 Å². The number of benzene rings is 1. The van der Waals surface area contributed by atoms with E-state index in [1.807, 2.05) is 6.92 Å². The Morgan fingerprint density at radius 3 is 2.45 bits per heavy atom. The number of ether oxygens (including phenoxy) is 4. The first-order valence-corrected chi connectivity index (χ1v) is 14.1. The zero-order chi connectivity index (χ0) is 29.2.